The number of carbonyl (C=O) groups is 1. The van der Waals surface area contributed by atoms with E-state index in [-0.39, 0.29) is 17.0 Å². The lowest BCUT2D eigenvalue weighted by Crippen LogP contribution is -2.30. The van der Waals surface area contributed by atoms with E-state index in [0.717, 1.165) is 10.7 Å². The molecule has 0 spiro atoms. The first kappa shape index (κ1) is 12.9. The molecule has 0 fully saturated rings. The molecule has 1 aliphatic rings. The van der Waals surface area contributed by atoms with Crippen LogP contribution in [0.5, 0.6) is 5.75 Å². The van der Waals surface area contributed by atoms with Gasteiger partial charge in [0, 0.05) is 12.6 Å². The van der Waals surface area contributed by atoms with Gasteiger partial charge in [0.1, 0.15) is 10.6 Å². The topological polar surface area (TPSA) is 63.7 Å². The van der Waals surface area contributed by atoms with Crippen LogP contribution in [0.3, 0.4) is 0 Å². The SMILES string of the molecule is CCCCN1C(=O)c2ccc(OC)cc2S1(=O)=O. The van der Waals surface area contributed by atoms with Gasteiger partial charge in [0.05, 0.1) is 12.7 Å². The van der Waals surface area contributed by atoms with Gasteiger partial charge in [0.2, 0.25) is 0 Å². The molecule has 1 aromatic rings. The molecular weight excluding hydrogens is 254 g/mol. The fourth-order valence-electron chi connectivity index (χ4n) is 1.91. The van der Waals surface area contributed by atoms with Crippen molar-refractivity contribution in [3.8, 4) is 5.75 Å². The van der Waals surface area contributed by atoms with Gasteiger partial charge in [0.25, 0.3) is 15.9 Å². The summed E-state index contributed by atoms with van der Waals surface area (Å²) in [6.07, 6.45) is 1.50. The molecular formula is C12H15NO4S. The third kappa shape index (κ3) is 1.86. The highest BCUT2D eigenvalue weighted by molar-refractivity contribution is 7.90. The molecule has 0 saturated heterocycles. The minimum Gasteiger partial charge on any atom is -0.497 e. The third-order valence-electron chi connectivity index (χ3n) is 2.93. The molecule has 1 heterocycles. The lowest BCUT2D eigenvalue weighted by Gasteiger charge is -2.13. The Morgan fingerprint density at radius 1 is 1.33 bits per heavy atom. The largest absolute Gasteiger partial charge is 0.497 e. The lowest BCUT2D eigenvalue weighted by molar-refractivity contribution is 0.0870. The highest BCUT2D eigenvalue weighted by atomic mass is 32.2. The van der Waals surface area contributed by atoms with E-state index in [1.165, 1.54) is 19.2 Å². The molecule has 0 aliphatic carbocycles. The van der Waals surface area contributed by atoms with Crippen LogP contribution >= 0.6 is 0 Å². The molecule has 1 amide bonds. The zero-order valence-corrected chi connectivity index (χ0v) is 11.2. The molecule has 0 radical (unpaired) electrons. The predicted octanol–water partition coefficient (Wildman–Crippen LogP) is 1.64. The molecule has 6 heteroatoms. The van der Waals surface area contributed by atoms with Crippen molar-refractivity contribution in [2.45, 2.75) is 24.7 Å². The van der Waals surface area contributed by atoms with Gasteiger partial charge >= 0.3 is 0 Å². The van der Waals surface area contributed by atoms with Gasteiger partial charge in [-0.25, -0.2) is 12.7 Å². The minimum atomic E-state index is -3.70. The first-order valence-corrected chi connectivity index (χ1v) is 7.21. The van der Waals surface area contributed by atoms with Gasteiger partial charge in [-0.1, -0.05) is 13.3 Å². The number of sulfonamides is 1. The van der Waals surface area contributed by atoms with Crippen LogP contribution in [-0.2, 0) is 10.0 Å². The van der Waals surface area contributed by atoms with Crippen LogP contribution in [-0.4, -0.2) is 32.3 Å². The van der Waals surface area contributed by atoms with Crippen LogP contribution in [0.2, 0.25) is 0 Å². The summed E-state index contributed by atoms with van der Waals surface area (Å²) in [6.45, 7) is 2.18. The van der Waals surface area contributed by atoms with E-state index in [1.54, 1.807) is 6.07 Å². The first-order valence-electron chi connectivity index (χ1n) is 5.77. The molecule has 0 unspecified atom stereocenters. The van der Waals surface area contributed by atoms with E-state index in [9.17, 15) is 13.2 Å². The highest BCUT2D eigenvalue weighted by Gasteiger charge is 2.40. The Hall–Kier alpha value is -1.56. The Morgan fingerprint density at radius 2 is 2.06 bits per heavy atom. The number of hydrogen-bond acceptors (Lipinski definition) is 4. The van der Waals surface area contributed by atoms with Crippen molar-refractivity contribution >= 4 is 15.9 Å². The quantitative estimate of drug-likeness (QED) is 0.833. The number of benzene rings is 1. The summed E-state index contributed by atoms with van der Waals surface area (Å²) in [7, 11) is -2.24. The van der Waals surface area contributed by atoms with E-state index < -0.39 is 15.9 Å². The van der Waals surface area contributed by atoms with E-state index >= 15 is 0 Å². The second-order valence-corrected chi connectivity index (χ2v) is 5.93. The minimum absolute atomic E-state index is 0.0444. The molecule has 1 aromatic carbocycles. The number of fused-ring (bicyclic) bond motifs is 1. The summed E-state index contributed by atoms with van der Waals surface area (Å²) in [5, 5.41) is 0. The van der Waals surface area contributed by atoms with Gasteiger partial charge < -0.3 is 4.74 Å². The van der Waals surface area contributed by atoms with Crippen LogP contribution in [0.25, 0.3) is 0 Å². The number of carbonyl (C=O) groups excluding carboxylic acids is 1. The van der Waals surface area contributed by atoms with Gasteiger partial charge in [0.15, 0.2) is 0 Å². The number of hydrogen-bond donors (Lipinski definition) is 0. The maximum absolute atomic E-state index is 12.2. The normalized spacial score (nSPS) is 16.8. The van der Waals surface area contributed by atoms with Crippen molar-refractivity contribution in [1.29, 1.82) is 0 Å². The van der Waals surface area contributed by atoms with Gasteiger partial charge in [-0.3, -0.25) is 4.79 Å². The Labute approximate surface area is 106 Å². The molecule has 18 heavy (non-hydrogen) atoms. The zero-order valence-electron chi connectivity index (χ0n) is 10.3. The fourth-order valence-corrected chi connectivity index (χ4v) is 3.53. The first-order chi connectivity index (χ1) is 8.52. The number of nitrogens with zero attached hydrogens (tertiary/aromatic N) is 1. The van der Waals surface area contributed by atoms with Crippen LogP contribution < -0.4 is 4.74 Å². The Kier molecular flexibility index (Phi) is 3.30. The van der Waals surface area contributed by atoms with E-state index in [2.05, 4.69) is 0 Å². The number of ether oxygens (including phenoxy) is 1. The van der Waals surface area contributed by atoms with Crippen LogP contribution in [0, 0.1) is 0 Å². The van der Waals surface area contributed by atoms with Gasteiger partial charge in [-0.15, -0.1) is 0 Å². The maximum Gasteiger partial charge on any atom is 0.269 e. The lowest BCUT2D eigenvalue weighted by atomic mass is 10.2. The van der Waals surface area contributed by atoms with Crippen molar-refractivity contribution in [3.05, 3.63) is 23.8 Å². The molecule has 2 rings (SSSR count). The fraction of sp³-hybridized carbons (Fsp3) is 0.417. The molecule has 0 aromatic heterocycles. The molecule has 0 N–H and O–H groups in total. The standard InChI is InChI=1S/C12H15NO4S/c1-3-4-7-13-12(14)10-6-5-9(17-2)8-11(10)18(13,15)16/h5-6,8H,3-4,7H2,1-2H3. The van der Waals surface area contributed by atoms with Crippen LogP contribution in [0.15, 0.2) is 23.1 Å². The molecule has 1 aliphatic heterocycles. The average Bonchev–Trinajstić information content (AvgIpc) is 2.55. The smallest absolute Gasteiger partial charge is 0.269 e. The third-order valence-corrected chi connectivity index (χ3v) is 4.75. The Balaban J connectivity index is 2.48. The van der Waals surface area contributed by atoms with Crippen molar-refractivity contribution in [1.82, 2.24) is 4.31 Å². The molecule has 98 valence electrons. The Bertz CT molecular complexity index is 580. The van der Waals surface area contributed by atoms with E-state index in [1.807, 2.05) is 6.92 Å². The number of amides is 1. The van der Waals surface area contributed by atoms with Crippen molar-refractivity contribution in [3.63, 3.8) is 0 Å². The molecule has 5 nitrogen and oxygen atoms in total. The summed E-state index contributed by atoms with van der Waals surface area (Å²) < 4.78 is 30.4. The average molecular weight is 269 g/mol. The highest BCUT2D eigenvalue weighted by Crippen LogP contribution is 2.33. The summed E-state index contributed by atoms with van der Waals surface area (Å²) in [5.74, 6) is -0.0106. The number of rotatable bonds is 4. The van der Waals surface area contributed by atoms with E-state index in [0.29, 0.717) is 12.2 Å². The summed E-state index contributed by atoms with van der Waals surface area (Å²) in [5.41, 5.74) is 0.229. The Morgan fingerprint density at radius 3 is 2.67 bits per heavy atom. The van der Waals surface area contributed by atoms with Gasteiger partial charge in [-0.05, 0) is 18.6 Å². The maximum atomic E-state index is 12.2. The number of methoxy groups -OCH3 is 1. The molecule has 0 saturated carbocycles. The van der Waals surface area contributed by atoms with Crippen LogP contribution in [0.1, 0.15) is 30.1 Å². The molecule has 0 bridgehead atoms. The van der Waals surface area contributed by atoms with Crippen molar-refractivity contribution < 1.29 is 17.9 Å². The van der Waals surface area contributed by atoms with Gasteiger partial charge in [-0.2, -0.15) is 0 Å². The summed E-state index contributed by atoms with van der Waals surface area (Å²) in [4.78, 5) is 12.1. The van der Waals surface area contributed by atoms with Crippen LogP contribution in [0.4, 0.5) is 0 Å². The van der Waals surface area contributed by atoms with Crippen molar-refractivity contribution in [2.75, 3.05) is 13.7 Å². The predicted molar refractivity (Wildman–Crippen MR) is 66.1 cm³/mol. The summed E-state index contributed by atoms with van der Waals surface area (Å²) >= 11 is 0. The zero-order chi connectivity index (χ0) is 13.3. The number of unbranched alkanes of at least 4 members (excludes halogenated alkanes) is 1. The monoisotopic (exact) mass is 269 g/mol. The van der Waals surface area contributed by atoms with E-state index in [4.69, 9.17) is 4.74 Å². The van der Waals surface area contributed by atoms with Crippen molar-refractivity contribution in [2.24, 2.45) is 0 Å². The molecule has 0 atom stereocenters. The second-order valence-electron chi connectivity index (χ2n) is 4.10. The second kappa shape index (κ2) is 4.61. The summed E-state index contributed by atoms with van der Waals surface area (Å²) in [6, 6.07) is 4.49.